The van der Waals surface area contributed by atoms with Crippen LogP contribution in [-0.2, 0) is 6.42 Å². The molecule has 0 atom stereocenters. The fourth-order valence-corrected chi connectivity index (χ4v) is 1.99. The Bertz CT molecular complexity index is 516. The van der Waals surface area contributed by atoms with Crippen molar-refractivity contribution in [3.8, 4) is 6.01 Å². The number of nitrogen functional groups attached to an aromatic ring is 1. The molecular weight excluding hydrogens is 264 g/mol. The van der Waals surface area contributed by atoms with Crippen LogP contribution in [0.5, 0.6) is 6.01 Å². The van der Waals surface area contributed by atoms with E-state index in [2.05, 4.69) is 25.3 Å². The van der Waals surface area contributed by atoms with Crippen molar-refractivity contribution in [2.75, 3.05) is 17.6 Å². The minimum atomic E-state index is -0.00929. The molecule has 0 fully saturated rings. The summed E-state index contributed by atoms with van der Waals surface area (Å²) in [6.45, 7) is 4.48. The van der Waals surface area contributed by atoms with Gasteiger partial charge >= 0.3 is 6.01 Å². The quantitative estimate of drug-likeness (QED) is 0.824. The number of ether oxygens (including phenoxy) is 1. The van der Waals surface area contributed by atoms with Crippen molar-refractivity contribution < 1.29 is 4.74 Å². The molecule has 2 aromatic rings. The molecule has 0 radical (unpaired) electrons. The van der Waals surface area contributed by atoms with E-state index < -0.39 is 0 Å². The number of nitrogens with zero attached hydrogens (tertiary/aromatic N) is 4. The van der Waals surface area contributed by atoms with Crippen molar-refractivity contribution in [2.45, 2.75) is 26.4 Å². The molecule has 0 aliphatic carbocycles. The van der Waals surface area contributed by atoms with Gasteiger partial charge in [-0.1, -0.05) is 0 Å². The van der Waals surface area contributed by atoms with Crippen molar-refractivity contribution in [1.82, 2.24) is 19.9 Å². The highest BCUT2D eigenvalue weighted by Gasteiger charge is 2.07. The fraction of sp³-hybridized carbons (Fsp3) is 0.455. The summed E-state index contributed by atoms with van der Waals surface area (Å²) in [5.74, 6) is 0.558. The molecule has 2 rings (SSSR count). The smallest absolute Gasteiger partial charge is 0.323 e. The summed E-state index contributed by atoms with van der Waals surface area (Å²) in [6.07, 6.45) is 2.59. The largest absolute Gasteiger partial charge is 0.461 e. The molecule has 102 valence electrons. The summed E-state index contributed by atoms with van der Waals surface area (Å²) in [5, 5.41) is 6.09. The lowest BCUT2D eigenvalue weighted by Gasteiger charge is -2.09. The Morgan fingerprint density at radius 2 is 2.21 bits per heavy atom. The number of hydrogen-bond donors (Lipinski definition) is 2. The van der Waals surface area contributed by atoms with Crippen LogP contribution in [-0.4, -0.2) is 32.6 Å². The summed E-state index contributed by atoms with van der Waals surface area (Å²) in [7, 11) is 0. The summed E-state index contributed by atoms with van der Waals surface area (Å²) in [4.78, 5) is 16.3. The van der Waals surface area contributed by atoms with Crippen molar-refractivity contribution in [1.29, 1.82) is 0 Å². The summed E-state index contributed by atoms with van der Waals surface area (Å²) in [6, 6.07) is 0.235. The maximum absolute atomic E-state index is 5.61. The topological polar surface area (TPSA) is 98.8 Å². The predicted octanol–water partition coefficient (Wildman–Crippen LogP) is 1.35. The van der Waals surface area contributed by atoms with E-state index in [1.165, 1.54) is 0 Å². The van der Waals surface area contributed by atoms with Gasteiger partial charge in [0.2, 0.25) is 11.9 Å². The van der Waals surface area contributed by atoms with Crippen molar-refractivity contribution in [3.05, 3.63) is 16.6 Å². The lowest BCUT2D eigenvalue weighted by Crippen LogP contribution is -2.14. The molecule has 0 amide bonds. The van der Waals surface area contributed by atoms with E-state index in [4.69, 9.17) is 10.5 Å². The Morgan fingerprint density at radius 3 is 2.89 bits per heavy atom. The van der Waals surface area contributed by atoms with Gasteiger partial charge in [0.15, 0.2) is 0 Å². The number of hydrogen-bond acceptors (Lipinski definition) is 8. The van der Waals surface area contributed by atoms with E-state index in [0.29, 0.717) is 12.5 Å². The summed E-state index contributed by atoms with van der Waals surface area (Å²) in [5.41, 5.74) is 5.61. The third kappa shape index (κ3) is 4.32. The first-order valence-corrected chi connectivity index (χ1v) is 6.82. The normalized spacial score (nSPS) is 10.7. The van der Waals surface area contributed by atoms with Gasteiger partial charge < -0.3 is 15.8 Å². The van der Waals surface area contributed by atoms with Gasteiger partial charge in [0.05, 0.1) is 11.1 Å². The van der Waals surface area contributed by atoms with Crippen molar-refractivity contribution in [2.24, 2.45) is 0 Å². The lowest BCUT2D eigenvalue weighted by molar-refractivity contribution is 0.222. The Labute approximate surface area is 115 Å². The molecule has 0 spiro atoms. The molecule has 3 N–H and O–H groups in total. The highest BCUT2D eigenvalue weighted by Crippen LogP contribution is 2.11. The van der Waals surface area contributed by atoms with Gasteiger partial charge in [-0.25, -0.2) is 4.98 Å². The lowest BCUT2D eigenvalue weighted by atomic mass is 10.4. The van der Waals surface area contributed by atoms with Crippen LogP contribution in [0.2, 0.25) is 0 Å². The van der Waals surface area contributed by atoms with Crippen LogP contribution in [0.3, 0.4) is 0 Å². The van der Waals surface area contributed by atoms with Gasteiger partial charge in [-0.05, 0) is 13.8 Å². The Hall–Kier alpha value is -1.96. The molecule has 0 saturated heterocycles. The standard InChI is InChI=1S/C11H16N6OS/c1-7(2)18-11-16-9(12)15-10(17-11)14-4-3-8-13-5-6-19-8/h5-7H,3-4H2,1-2H3,(H3,12,14,15,16,17). The zero-order chi connectivity index (χ0) is 13.7. The second kappa shape index (κ2) is 6.28. The molecule has 19 heavy (non-hydrogen) atoms. The number of anilines is 2. The molecule has 8 heteroatoms. The minimum absolute atomic E-state index is 0.00929. The second-order valence-corrected chi connectivity index (χ2v) is 5.05. The number of nitrogens with two attached hydrogens (primary N) is 1. The molecule has 2 aromatic heterocycles. The maximum atomic E-state index is 5.61. The highest BCUT2D eigenvalue weighted by atomic mass is 32.1. The molecule has 0 aliphatic rings. The number of aromatic nitrogens is 4. The third-order valence-corrected chi connectivity index (χ3v) is 2.92. The van der Waals surface area contributed by atoms with E-state index >= 15 is 0 Å². The zero-order valence-corrected chi connectivity index (χ0v) is 11.6. The first kappa shape index (κ1) is 13.5. The van der Waals surface area contributed by atoms with Crippen LogP contribution in [0.4, 0.5) is 11.9 Å². The predicted molar refractivity (Wildman–Crippen MR) is 74.3 cm³/mol. The van der Waals surface area contributed by atoms with Gasteiger partial charge in [-0.2, -0.15) is 15.0 Å². The molecule has 0 bridgehead atoms. The second-order valence-electron chi connectivity index (χ2n) is 4.07. The van der Waals surface area contributed by atoms with E-state index in [0.717, 1.165) is 11.4 Å². The first-order chi connectivity index (χ1) is 9.13. The van der Waals surface area contributed by atoms with Crippen LogP contribution in [0.25, 0.3) is 0 Å². The molecule has 7 nitrogen and oxygen atoms in total. The minimum Gasteiger partial charge on any atom is -0.461 e. The number of rotatable bonds is 6. The van der Waals surface area contributed by atoms with Crippen LogP contribution in [0, 0.1) is 0 Å². The van der Waals surface area contributed by atoms with E-state index in [1.54, 1.807) is 17.5 Å². The molecular formula is C11H16N6OS. The van der Waals surface area contributed by atoms with Crippen molar-refractivity contribution in [3.63, 3.8) is 0 Å². The summed E-state index contributed by atoms with van der Waals surface area (Å²) >= 11 is 1.62. The van der Waals surface area contributed by atoms with Crippen LogP contribution >= 0.6 is 11.3 Å². The van der Waals surface area contributed by atoms with Crippen LogP contribution < -0.4 is 15.8 Å². The van der Waals surface area contributed by atoms with E-state index in [1.807, 2.05) is 19.2 Å². The average Bonchev–Trinajstić information content (AvgIpc) is 2.80. The van der Waals surface area contributed by atoms with E-state index in [-0.39, 0.29) is 18.1 Å². The van der Waals surface area contributed by atoms with E-state index in [9.17, 15) is 0 Å². The summed E-state index contributed by atoms with van der Waals surface area (Å²) < 4.78 is 5.40. The van der Waals surface area contributed by atoms with Gasteiger partial charge in [0.1, 0.15) is 0 Å². The number of nitrogens with one attached hydrogen (secondary N) is 1. The van der Waals surface area contributed by atoms with Crippen LogP contribution in [0.15, 0.2) is 11.6 Å². The van der Waals surface area contributed by atoms with Gasteiger partial charge in [-0.15, -0.1) is 11.3 Å². The van der Waals surface area contributed by atoms with Gasteiger partial charge in [-0.3, -0.25) is 0 Å². The molecule has 0 aliphatic heterocycles. The third-order valence-electron chi connectivity index (χ3n) is 2.08. The molecule has 0 aromatic carbocycles. The fourth-order valence-electron chi connectivity index (χ4n) is 1.37. The number of thiazole rings is 1. The Morgan fingerprint density at radius 1 is 1.37 bits per heavy atom. The monoisotopic (exact) mass is 280 g/mol. The average molecular weight is 280 g/mol. The Balaban J connectivity index is 1.93. The highest BCUT2D eigenvalue weighted by molar-refractivity contribution is 7.09. The van der Waals surface area contributed by atoms with Gasteiger partial charge in [0, 0.05) is 24.5 Å². The molecule has 2 heterocycles. The van der Waals surface area contributed by atoms with Gasteiger partial charge in [0.25, 0.3) is 0 Å². The Kier molecular flexibility index (Phi) is 4.45. The zero-order valence-electron chi connectivity index (χ0n) is 10.8. The van der Waals surface area contributed by atoms with Crippen LogP contribution in [0.1, 0.15) is 18.9 Å². The SMILES string of the molecule is CC(C)Oc1nc(N)nc(NCCc2nccs2)n1. The van der Waals surface area contributed by atoms with Crippen molar-refractivity contribution >= 4 is 23.2 Å². The molecule has 0 saturated carbocycles. The maximum Gasteiger partial charge on any atom is 0.323 e. The molecule has 0 unspecified atom stereocenters. The first-order valence-electron chi connectivity index (χ1n) is 5.94.